The number of para-hydroxylation sites is 3. The highest BCUT2D eigenvalue weighted by atomic mass is 35.5. The van der Waals surface area contributed by atoms with Gasteiger partial charge in [-0.25, -0.2) is 4.98 Å². The van der Waals surface area contributed by atoms with Crippen molar-refractivity contribution >= 4 is 22.6 Å². The van der Waals surface area contributed by atoms with Gasteiger partial charge >= 0.3 is 0 Å². The number of aryl methyl sites for hydroxylation is 1. The average Bonchev–Trinajstić information content (AvgIpc) is 2.83. The van der Waals surface area contributed by atoms with E-state index in [-0.39, 0.29) is 6.61 Å². The molecule has 22 heavy (non-hydrogen) atoms. The molecule has 3 rings (SSSR count). The molecule has 0 amide bonds. The summed E-state index contributed by atoms with van der Waals surface area (Å²) in [4.78, 5) is 4.49. The van der Waals surface area contributed by atoms with Crippen LogP contribution in [0.3, 0.4) is 0 Å². The summed E-state index contributed by atoms with van der Waals surface area (Å²) in [6, 6.07) is 15.1. The van der Waals surface area contributed by atoms with Gasteiger partial charge in [-0.1, -0.05) is 35.9 Å². The summed E-state index contributed by atoms with van der Waals surface area (Å²) in [7, 11) is 0. The van der Waals surface area contributed by atoms with Gasteiger partial charge in [-0.3, -0.25) is 0 Å². The molecular formula is C17H17ClN2O2. The van der Waals surface area contributed by atoms with Crippen molar-refractivity contribution in [3.05, 3.63) is 59.4 Å². The second-order valence-corrected chi connectivity index (χ2v) is 5.56. The molecule has 1 heterocycles. The van der Waals surface area contributed by atoms with Crippen LogP contribution in [0, 0.1) is 6.92 Å². The highest BCUT2D eigenvalue weighted by Crippen LogP contribution is 2.23. The zero-order valence-corrected chi connectivity index (χ0v) is 13.0. The molecule has 0 spiro atoms. The third-order valence-electron chi connectivity index (χ3n) is 3.51. The van der Waals surface area contributed by atoms with Crippen molar-refractivity contribution in [3.63, 3.8) is 0 Å². The molecule has 0 fully saturated rings. The SMILES string of the molecule is Cc1nc2ccccc2n1C[C@H](O)COc1ccccc1Cl. The molecule has 2 aromatic carbocycles. The minimum Gasteiger partial charge on any atom is -0.489 e. The number of fused-ring (bicyclic) bond motifs is 1. The number of hydrogen-bond donors (Lipinski definition) is 1. The van der Waals surface area contributed by atoms with E-state index < -0.39 is 6.10 Å². The topological polar surface area (TPSA) is 47.3 Å². The third kappa shape index (κ3) is 3.08. The largest absolute Gasteiger partial charge is 0.489 e. The highest BCUT2D eigenvalue weighted by Gasteiger charge is 2.12. The standard InChI is InChI=1S/C17H17ClN2O2/c1-12-19-15-7-3-4-8-16(15)20(12)10-13(21)11-22-17-9-5-2-6-14(17)18/h2-9,13,21H,10-11H2,1H3/t13-/m0/s1. The minimum atomic E-state index is -0.646. The van der Waals surface area contributed by atoms with Crippen LogP contribution in [-0.4, -0.2) is 27.4 Å². The van der Waals surface area contributed by atoms with Crippen molar-refractivity contribution in [2.75, 3.05) is 6.61 Å². The Morgan fingerprint density at radius 2 is 1.91 bits per heavy atom. The van der Waals surface area contributed by atoms with Gasteiger partial charge in [-0.15, -0.1) is 0 Å². The molecule has 0 saturated heterocycles. The van der Waals surface area contributed by atoms with Crippen LogP contribution in [0.25, 0.3) is 11.0 Å². The number of aliphatic hydroxyl groups excluding tert-OH is 1. The minimum absolute atomic E-state index is 0.176. The predicted molar refractivity (Wildman–Crippen MR) is 87.4 cm³/mol. The van der Waals surface area contributed by atoms with Crippen LogP contribution in [0.15, 0.2) is 48.5 Å². The van der Waals surface area contributed by atoms with Crippen LogP contribution in [0.1, 0.15) is 5.82 Å². The fourth-order valence-corrected chi connectivity index (χ4v) is 2.63. The second kappa shape index (κ2) is 6.38. The van der Waals surface area contributed by atoms with Crippen molar-refractivity contribution in [2.45, 2.75) is 19.6 Å². The van der Waals surface area contributed by atoms with Gasteiger partial charge in [0.25, 0.3) is 0 Å². The Labute approximate surface area is 133 Å². The number of halogens is 1. The molecule has 3 aromatic rings. The van der Waals surface area contributed by atoms with E-state index in [2.05, 4.69) is 4.98 Å². The fourth-order valence-electron chi connectivity index (χ4n) is 2.44. The Morgan fingerprint density at radius 1 is 1.18 bits per heavy atom. The van der Waals surface area contributed by atoms with E-state index in [1.807, 2.05) is 47.9 Å². The van der Waals surface area contributed by atoms with Gasteiger partial charge in [0.05, 0.1) is 22.6 Å². The highest BCUT2D eigenvalue weighted by molar-refractivity contribution is 6.32. The van der Waals surface area contributed by atoms with E-state index in [4.69, 9.17) is 16.3 Å². The van der Waals surface area contributed by atoms with Gasteiger partial charge in [0.1, 0.15) is 24.3 Å². The fraction of sp³-hybridized carbons (Fsp3) is 0.235. The lowest BCUT2D eigenvalue weighted by molar-refractivity contribution is 0.0930. The Balaban J connectivity index is 1.70. The van der Waals surface area contributed by atoms with E-state index in [9.17, 15) is 5.11 Å². The first-order valence-corrected chi connectivity index (χ1v) is 7.50. The molecule has 1 N–H and O–H groups in total. The lowest BCUT2D eigenvalue weighted by Crippen LogP contribution is -2.24. The summed E-state index contributed by atoms with van der Waals surface area (Å²) in [6.07, 6.45) is -0.646. The van der Waals surface area contributed by atoms with Crippen molar-refractivity contribution in [1.29, 1.82) is 0 Å². The van der Waals surface area contributed by atoms with Gasteiger partial charge in [0.15, 0.2) is 0 Å². The van der Waals surface area contributed by atoms with Crippen molar-refractivity contribution < 1.29 is 9.84 Å². The van der Waals surface area contributed by atoms with E-state index >= 15 is 0 Å². The van der Waals surface area contributed by atoms with Crippen LogP contribution < -0.4 is 4.74 Å². The normalized spacial score (nSPS) is 12.5. The summed E-state index contributed by atoms with van der Waals surface area (Å²) in [5.74, 6) is 1.45. The number of benzene rings is 2. The maximum atomic E-state index is 10.2. The summed E-state index contributed by atoms with van der Waals surface area (Å²) < 4.78 is 7.58. The number of nitrogens with zero attached hydrogens (tertiary/aromatic N) is 2. The molecule has 0 bridgehead atoms. The quantitative estimate of drug-likeness (QED) is 0.784. The Bertz CT molecular complexity index is 785. The van der Waals surface area contributed by atoms with Crippen LogP contribution in [0.5, 0.6) is 5.75 Å². The van der Waals surface area contributed by atoms with Crippen molar-refractivity contribution in [1.82, 2.24) is 9.55 Å². The number of hydrogen-bond acceptors (Lipinski definition) is 3. The number of aliphatic hydroxyl groups is 1. The summed E-state index contributed by atoms with van der Waals surface area (Å²) in [6.45, 7) is 2.54. The van der Waals surface area contributed by atoms with Crippen LogP contribution >= 0.6 is 11.6 Å². The molecule has 114 valence electrons. The third-order valence-corrected chi connectivity index (χ3v) is 3.82. The number of imidazole rings is 1. The molecule has 4 nitrogen and oxygen atoms in total. The summed E-state index contributed by atoms with van der Waals surface area (Å²) in [5.41, 5.74) is 1.94. The smallest absolute Gasteiger partial charge is 0.138 e. The molecule has 1 atom stereocenters. The van der Waals surface area contributed by atoms with Crippen LogP contribution in [-0.2, 0) is 6.54 Å². The predicted octanol–water partition coefficient (Wildman–Crippen LogP) is 3.44. The molecule has 0 aliphatic rings. The lowest BCUT2D eigenvalue weighted by Gasteiger charge is -2.15. The molecule has 0 aliphatic carbocycles. The van der Waals surface area contributed by atoms with E-state index in [0.717, 1.165) is 16.9 Å². The summed E-state index contributed by atoms with van der Waals surface area (Å²) >= 11 is 6.03. The van der Waals surface area contributed by atoms with Crippen molar-refractivity contribution in [2.24, 2.45) is 0 Å². The molecule has 5 heteroatoms. The summed E-state index contributed by atoms with van der Waals surface area (Å²) in [5, 5.41) is 10.8. The van der Waals surface area contributed by atoms with Gasteiger partial charge in [-0.2, -0.15) is 0 Å². The molecule has 0 saturated carbocycles. The van der Waals surface area contributed by atoms with E-state index in [0.29, 0.717) is 17.3 Å². The average molecular weight is 317 g/mol. The molecule has 0 unspecified atom stereocenters. The Hall–Kier alpha value is -2.04. The number of aromatic nitrogens is 2. The Kier molecular flexibility index (Phi) is 4.32. The van der Waals surface area contributed by atoms with E-state index in [1.165, 1.54) is 0 Å². The maximum absolute atomic E-state index is 10.2. The second-order valence-electron chi connectivity index (χ2n) is 5.15. The van der Waals surface area contributed by atoms with Crippen molar-refractivity contribution in [3.8, 4) is 5.75 Å². The first-order chi connectivity index (χ1) is 10.6. The molecule has 0 radical (unpaired) electrons. The Morgan fingerprint density at radius 3 is 2.73 bits per heavy atom. The first kappa shape index (κ1) is 14.9. The van der Waals surface area contributed by atoms with Gasteiger partial charge < -0.3 is 14.4 Å². The van der Waals surface area contributed by atoms with E-state index in [1.54, 1.807) is 12.1 Å². The van der Waals surface area contributed by atoms with Gasteiger partial charge in [-0.05, 0) is 31.2 Å². The number of ether oxygens (including phenoxy) is 1. The first-order valence-electron chi connectivity index (χ1n) is 7.12. The zero-order chi connectivity index (χ0) is 15.5. The molecular weight excluding hydrogens is 300 g/mol. The maximum Gasteiger partial charge on any atom is 0.138 e. The molecule has 0 aliphatic heterocycles. The van der Waals surface area contributed by atoms with Gasteiger partial charge in [0.2, 0.25) is 0 Å². The lowest BCUT2D eigenvalue weighted by atomic mass is 10.3. The monoisotopic (exact) mass is 316 g/mol. The van der Waals surface area contributed by atoms with Crippen LogP contribution in [0.4, 0.5) is 0 Å². The number of rotatable bonds is 5. The zero-order valence-electron chi connectivity index (χ0n) is 12.2. The van der Waals surface area contributed by atoms with Crippen LogP contribution in [0.2, 0.25) is 5.02 Å². The molecule has 1 aromatic heterocycles. The van der Waals surface area contributed by atoms with Gasteiger partial charge in [0, 0.05) is 0 Å².